The van der Waals surface area contributed by atoms with E-state index < -0.39 is 5.54 Å². The summed E-state index contributed by atoms with van der Waals surface area (Å²) in [5.74, 6) is -0.256. The number of guanidine groups is 1. The number of nitrogens with one attached hydrogen (secondary N) is 1. The first kappa shape index (κ1) is 18.8. The molecule has 2 amide bonds. The summed E-state index contributed by atoms with van der Waals surface area (Å²) in [4.78, 5) is 34.6. The van der Waals surface area contributed by atoms with Crippen molar-refractivity contribution in [3.8, 4) is 0 Å². The number of hydrogen-bond acceptors (Lipinski definition) is 5. The van der Waals surface area contributed by atoms with Crippen LogP contribution in [0.4, 0.5) is 5.69 Å². The van der Waals surface area contributed by atoms with Crippen LogP contribution in [-0.4, -0.2) is 34.7 Å². The monoisotopic (exact) mass is 385 g/mol. The Bertz CT molecular complexity index is 913. The molecule has 7 nitrogen and oxygen atoms in total. The molecule has 8 heteroatoms. The smallest absolute Gasteiger partial charge is 0.274 e. The number of halogens is 1. The maximum Gasteiger partial charge on any atom is 0.274 e. The third-order valence-corrected chi connectivity index (χ3v) is 4.92. The van der Waals surface area contributed by atoms with Crippen LogP contribution >= 0.6 is 11.6 Å². The molecule has 1 aliphatic rings. The molecular weight excluding hydrogens is 366 g/mol. The van der Waals surface area contributed by atoms with E-state index in [-0.39, 0.29) is 29.9 Å². The predicted molar refractivity (Wildman–Crippen MR) is 105 cm³/mol. The number of amides is 2. The normalized spacial score (nSPS) is 19.6. The molecule has 3 N–H and O–H groups in total. The highest BCUT2D eigenvalue weighted by Crippen LogP contribution is 2.37. The van der Waals surface area contributed by atoms with Crippen LogP contribution in [0.15, 0.2) is 47.6 Å². The standard InChI is InChI=1S/C19H20ClN5O2/c1-3-19(10-16(26)25(2)18(21)24-19)12-5-4-6-14(9-12)23-17(27)15-8-7-13(20)11-22-15/h4-9,11H,3,10H2,1-2H3,(H2,21,24)(H,23,27)/t19-/m0/s1. The van der Waals surface area contributed by atoms with Crippen LogP contribution in [0.3, 0.4) is 0 Å². The van der Waals surface area contributed by atoms with Gasteiger partial charge < -0.3 is 11.1 Å². The van der Waals surface area contributed by atoms with Gasteiger partial charge in [0.2, 0.25) is 5.91 Å². The van der Waals surface area contributed by atoms with E-state index in [1.807, 2.05) is 25.1 Å². The average molecular weight is 386 g/mol. The molecule has 0 aliphatic carbocycles. The van der Waals surface area contributed by atoms with E-state index in [4.69, 9.17) is 17.3 Å². The van der Waals surface area contributed by atoms with Gasteiger partial charge >= 0.3 is 0 Å². The maximum atomic E-state index is 12.4. The molecular formula is C19H20ClN5O2. The van der Waals surface area contributed by atoms with E-state index in [0.29, 0.717) is 17.1 Å². The van der Waals surface area contributed by atoms with Crippen molar-refractivity contribution >= 4 is 35.1 Å². The number of carbonyl (C=O) groups excluding carboxylic acids is 2. The molecule has 0 saturated carbocycles. The minimum Gasteiger partial charge on any atom is -0.369 e. The van der Waals surface area contributed by atoms with Gasteiger partial charge in [0.1, 0.15) is 5.69 Å². The number of aromatic nitrogens is 1. The number of benzene rings is 1. The minimum absolute atomic E-state index is 0.0934. The van der Waals surface area contributed by atoms with Crippen LogP contribution in [0.5, 0.6) is 0 Å². The number of aliphatic imine (C=N–C) groups is 1. The van der Waals surface area contributed by atoms with Crippen LogP contribution in [0, 0.1) is 0 Å². The van der Waals surface area contributed by atoms with Crippen molar-refractivity contribution in [1.29, 1.82) is 0 Å². The molecule has 2 heterocycles. The highest BCUT2D eigenvalue weighted by Gasteiger charge is 2.38. The molecule has 1 aliphatic heterocycles. The molecule has 140 valence electrons. The topological polar surface area (TPSA) is 101 Å². The number of anilines is 1. The number of pyridine rings is 1. The largest absolute Gasteiger partial charge is 0.369 e. The summed E-state index contributed by atoms with van der Waals surface area (Å²) in [5, 5.41) is 3.27. The molecule has 1 aromatic heterocycles. The first-order valence-electron chi connectivity index (χ1n) is 8.50. The van der Waals surface area contributed by atoms with Gasteiger partial charge in [0.15, 0.2) is 5.96 Å². The molecule has 0 spiro atoms. The van der Waals surface area contributed by atoms with Crippen molar-refractivity contribution in [3.05, 3.63) is 58.9 Å². The van der Waals surface area contributed by atoms with Gasteiger partial charge in [-0.2, -0.15) is 0 Å². The maximum absolute atomic E-state index is 12.4. The second kappa shape index (κ2) is 7.36. The molecule has 0 unspecified atom stereocenters. The Morgan fingerprint density at radius 2 is 2.15 bits per heavy atom. The van der Waals surface area contributed by atoms with E-state index in [9.17, 15) is 9.59 Å². The fourth-order valence-corrected chi connectivity index (χ4v) is 3.11. The van der Waals surface area contributed by atoms with E-state index in [0.717, 1.165) is 5.56 Å². The van der Waals surface area contributed by atoms with Crippen LogP contribution in [-0.2, 0) is 10.3 Å². The molecule has 1 atom stereocenters. The highest BCUT2D eigenvalue weighted by atomic mass is 35.5. The lowest BCUT2D eigenvalue weighted by atomic mass is 9.83. The van der Waals surface area contributed by atoms with E-state index in [2.05, 4.69) is 15.3 Å². The van der Waals surface area contributed by atoms with Crippen molar-refractivity contribution in [2.75, 3.05) is 12.4 Å². The Hall–Kier alpha value is -2.93. The molecule has 27 heavy (non-hydrogen) atoms. The number of hydrogen-bond donors (Lipinski definition) is 2. The fraction of sp³-hybridized carbons (Fsp3) is 0.263. The fourth-order valence-electron chi connectivity index (χ4n) is 3.00. The zero-order chi connectivity index (χ0) is 19.6. The minimum atomic E-state index is -0.743. The lowest BCUT2D eigenvalue weighted by Gasteiger charge is -2.36. The Kier molecular flexibility index (Phi) is 5.14. The predicted octanol–water partition coefficient (Wildman–Crippen LogP) is 2.77. The lowest BCUT2D eigenvalue weighted by molar-refractivity contribution is -0.128. The van der Waals surface area contributed by atoms with Crippen molar-refractivity contribution in [2.45, 2.75) is 25.3 Å². The van der Waals surface area contributed by atoms with Crippen LogP contribution < -0.4 is 11.1 Å². The van der Waals surface area contributed by atoms with Gasteiger partial charge in [-0.25, -0.2) is 9.98 Å². The lowest BCUT2D eigenvalue weighted by Crippen LogP contribution is -2.48. The number of nitrogens with zero attached hydrogens (tertiary/aromatic N) is 3. The summed E-state index contributed by atoms with van der Waals surface area (Å²) in [7, 11) is 1.61. The molecule has 1 aromatic carbocycles. The van der Waals surface area contributed by atoms with E-state index in [1.54, 1.807) is 25.2 Å². The molecule has 2 aromatic rings. The Labute approximate surface area is 162 Å². The van der Waals surface area contributed by atoms with Crippen molar-refractivity contribution in [3.63, 3.8) is 0 Å². The summed E-state index contributed by atoms with van der Waals surface area (Å²) in [6.45, 7) is 1.96. The summed E-state index contributed by atoms with van der Waals surface area (Å²) >= 11 is 5.80. The quantitative estimate of drug-likeness (QED) is 0.844. The van der Waals surface area contributed by atoms with Gasteiger partial charge in [0.25, 0.3) is 5.91 Å². The second-order valence-corrected chi connectivity index (χ2v) is 6.82. The molecule has 0 radical (unpaired) electrons. The molecule has 0 fully saturated rings. The first-order chi connectivity index (χ1) is 12.8. The Balaban J connectivity index is 1.89. The van der Waals surface area contributed by atoms with Crippen LogP contribution in [0.2, 0.25) is 5.02 Å². The SMILES string of the molecule is CC[C@@]1(c2cccc(NC(=O)c3ccc(Cl)cn3)c2)CC(=O)N(C)C(N)=N1. The summed E-state index contributed by atoms with van der Waals surface area (Å²) in [6, 6.07) is 10.4. The number of rotatable bonds is 4. The Morgan fingerprint density at radius 3 is 2.78 bits per heavy atom. The molecule has 0 saturated heterocycles. The second-order valence-electron chi connectivity index (χ2n) is 6.38. The number of carbonyl (C=O) groups is 2. The van der Waals surface area contributed by atoms with Crippen molar-refractivity contribution < 1.29 is 9.59 Å². The third-order valence-electron chi connectivity index (χ3n) is 4.69. The zero-order valence-electron chi connectivity index (χ0n) is 15.1. The first-order valence-corrected chi connectivity index (χ1v) is 8.88. The van der Waals surface area contributed by atoms with Gasteiger partial charge in [-0.3, -0.25) is 14.5 Å². The van der Waals surface area contributed by atoms with Crippen molar-refractivity contribution in [2.24, 2.45) is 10.7 Å². The van der Waals surface area contributed by atoms with Crippen molar-refractivity contribution in [1.82, 2.24) is 9.88 Å². The summed E-state index contributed by atoms with van der Waals surface area (Å²) < 4.78 is 0. The van der Waals surface area contributed by atoms with Gasteiger partial charge in [-0.15, -0.1) is 0 Å². The van der Waals surface area contributed by atoms with Crippen LogP contribution in [0.25, 0.3) is 0 Å². The van der Waals surface area contributed by atoms with E-state index in [1.165, 1.54) is 11.1 Å². The molecule has 0 bridgehead atoms. The average Bonchev–Trinajstić information content (AvgIpc) is 2.66. The highest BCUT2D eigenvalue weighted by molar-refractivity contribution is 6.30. The van der Waals surface area contributed by atoms with Gasteiger partial charge in [0.05, 0.1) is 17.0 Å². The zero-order valence-corrected chi connectivity index (χ0v) is 15.8. The third kappa shape index (κ3) is 3.78. The summed E-state index contributed by atoms with van der Waals surface area (Å²) in [5.41, 5.74) is 6.84. The molecule has 3 rings (SSSR count). The van der Waals surface area contributed by atoms with Gasteiger partial charge in [-0.05, 0) is 36.2 Å². The van der Waals surface area contributed by atoms with Gasteiger partial charge in [0, 0.05) is 18.9 Å². The van der Waals surface area contributed by atoms with Crippen LogP contribution in [0.1, 0.15) is 35.8 Å². The summed E-state index contributed by atoms with van der Waals surface area (Å²) in [6.07, 6.45) is 2.24. The van der Waals surface area contributed by atoms with Gasteiger partial charge in [-0.1, -0.05) is 30.7 Å². The number of nitrogens with two attached hydrogens (primary N) is 1. The Morgan fingerprint density at radius 1 is 1.37 bits per heavy atom. The van der Waals surface area contributed by atoms with E-state index >= 15 is 0 Å².